The fourth-order valence-corrected chi connectivity index (χ4v) is 5.29. The first-order valence-electron chi connectivity index (χ1n) is 13.1. The molecule has 1 N–H and O–H groups in total. The number of nitrogens with zero attached hydrogens (tertiary/aromatic N) is 3. The Morgan fingerprint density at radius 3 is 2.26 bits per heavy atom. The highest BCUT2D eigenvalue weighted by Gasteiger charge is 2.30. The second-order valence-corrected chi connectivity index (χ2v) is 9.90. The molecule has 1 fully saturated rings. The smallest absolute Gasteiger partial charge is 0.369 e. The molecule has 6 nitrogen and oxygen atoms in total. The van der Waals surface area contributed by atoms with Crippen LogP contribution in [0.25, 0.3) is 11.1 Å². The van der Waals surface area contributed by atoms with Crippen molar-refractivity contribution in [1.82, 2.24) is 9.47 Å². The summed E-state index contributed by atoms with van der Waals surface area (Å²) in [4.78, 5) is 30.4. The average Bonchev–Trinajstić information content (AvgIpc) is 3.32. The Morgan fingerprint density at radius 1 is 0.868 bits per heavy atom. The van der Waals surface area contributed by atoms with Gasteiger partial charge in [-0.1, -0.05) is 30.3 Å². The predicted octanol–water partition coefficient (Wildman–Crippen LogP) is 5.39. The summed E-state index contributed by atoms with van der Waals surface area (Å²) in [5.41, 5.74) is 4.65. The molecule has 200 valence electrons. The molecule has 1 amide bonds. The number of carbonyl (C=O) groups is 2. The zero-order valence-electron chi connectivity index (χ0n) is 21.1. The molecule has 3 aromatic rings. The number of Topliss-reactive ketones (excluding diaryl/α,β-unsaturated/α-hetero) is 1. The Bertz CT molecular complexity index is 1280. The molecule has 3 heterocycles. The van der Waals surface area contributed by atoms with Crippen molar-refractivity contribution in [2.75, 3.05) is 42.9 Å². The van der Waals surface area contributed by atoms with Crippen molar-refractivity contribution in [3.05, 3.63) is 72.1 Å². The maximum absolute atomic E-state index is 13.4. The number of ketones is 1. The van der Waals surface area contributed by atoms with E-state index in [2.05, 4.69) is 10.2 Å². The number of hydrogen-bond donors (Lipinski definition) is 1. The standard InChI is InChI=1S/C29H31F3N4O2/c30-29(31,32)13-15-34-16-18-35(19-17-34)23-11-9-22(10-12-23)33-28(38)27(37)26-25(21-6-2-1-3-7-21)20-24-8-4-5-14-36(24)26/h1-3,6-7,9-12,20H,4-5,8,13-19H2,(H,33,38). The van der Waals surface area contributed by atoms with Gasteiger partial charge in [-0.05, 0) is 55.2 Å². The lowest BCUT2D eigenvalue weighted by Crippen LogP contribution is -2.47. The molecule has 2 aromatic carbocycles. The molecule has 0 atom stereocenters. The highest BCUT2D eigenvalue weighted by molar-refractivity contribution is 6.47. The van der Waals surface area contributed by atoms with E-state index < -0.39 is 24.3 Å². The largest absolute Gasteiger partial charge is 0.390 e. The van der Waals surface area contributed by atoms with Gasteiger partial charge >= 0.3 is 6.18 Å². The fourth-order valence-electron chi connectivity index (χ4n) is 5.29. The Morgan fingerprint density at radius 2 is 1.58 bits per heavy atom. The van der Waals surface area contributed by atoms with E-state index in [-0.39, 0.29) is 6.54 Å². The number of piperazine rings is 1. The number of fused-ring (bicyclic) bond motifs is 1. The van der Waals surface area contributed by atoms with Crippen LogP contribution in [0.5, 0.6) is 0 Å². The number of aryl methyl sites for hydroxylation is 1. The van der Waals surface area contributed by atoms with Gasteiger partial charge in [0.15, 0.2) is 0 Å². The molecule has 0 unspecified atom stereocenters. The van der Waals surface area contributed by atoms with Gasteiger partial charge in [0.05, 0.1) is 6.42 Å². The van der Waals surface area contributed by atoms with Gasteiger partial charge in [0.2, 0.25) is 0 Å². The third-order valence-electron chi connectivity index (χ3n) is 7.33. The molecule has 5 rings (SSSR count). The van der Waals surface area contributed by atoms with Gasteiger partial charge in [0, 0.05) is 61.9 Å². The number of hydrogen-bond acceptors (Lipinski definition) is 4. The number of amides is 1. The van der Waals surface area contributed by atoms with Crippen molar-refractivity contribution in [3.63, 3.8) is 0 Å². The molecule has 2 aliphatic rings. The van der Waals surface area contributed by atoms with Gasteiger partial charge < -0.3 is 14.8 Å². The predicted molar refractivity (Wildman–Crippen MR) is 142 cm³/mol. The van der Waals surface area contributed by atoms with Crippen molar-refractivity contribution in [3.8, 4) is 11.1 Å². The number of anilines is 2. The first-order valence-corrected chi connectivity index (χ1v) is 13.1. The van der Waals surface area contributed by atoms with E-state index in [4.69, 9.17) is 0 Å². The van der Waals surface area contributed by atoms with Gasteiger partial charge in [-0.2, -0.15) is 13.2 Å². The number of rotatable bonds is 7. The van der Waals surface area contributed by atoms with Crippen LogP contribution in [0, 0.1) is 0 Å². The lowest BCUT2D eigenvalue weighted by atomic mass is 10.0. The monoisotopic (exact) mass is 524 g/mol. The maximum atomic E-state index is 13.4. The quantitative estimate of drug-likeness (QED) is 0.333. The van der Waals surface area contributed by atoms with Crippen LogP contribution in [0.15, 0.2) is 60.7 Å². The molecule has 0 bridgehead atoms. The van der Waals surface area contributed by atoms with Crippen LogP contribution in [-0.2, 0) is 17.8 Å². The van der Waals surface area contributed by atoms with Crippen LogP contribution >= 0.6 is 0 Å². The van der Waals surface area contributed by atoms with Crippen LogP contribution in [0.2, 0.25) is 0 Å². The van der Waals surface area contributed by atoms with Gasteiger partial charge in [-0.3, -0.25) is 14.5 Å². The summed E-state index contributed by atoms with van der Waals surface area (Å²) in [6.07, 6.45) is -2.02. The van der Waals surface area contributed by atoms with Crippen molar-refractivity contribution in [2.45, 2.75) is 38.4 Å². The zero-order valence-corrected chi connectivity index (χ0v) is 21.1. The molecule has 0 saturated carbocycles. The maximum Gasteiger partial charge on any atom is 0.390 e. The van der Waals surface area contributed by atoms with Crippen LogP contribution in [-0.4, -0.2) is 60.1 Å². The second-order valence-electron chi connectivity index (χ2n) is 9.90. The van der Waals surface area contributed by atoms with Crippen molar-refractivity contribution in [2.24, 2.45) is 0 Å². The first kappa shape index (κ1) is 26.0. The third-order valence-corrected chi connectivity index (χ3v) is 7.33. The van der Waals surface area contributed by atoms with Gasteiger partial charge in [0.1, 0.15) is 5.69 Å². The molecule has 1 saturated heterocycles. The number of carbonyl (C=O) groups excluding carboxylic acids is 2. The lowest BCUT2D eigenvalue weighted by molar-refractivity contribution is -0.138. The number of halogens is 3. The average molecular weight is 525 g/mol. The summed E-state index contributed by atoms with van der Waals surface area (Å²) in [7, 11) is 0. The molecular formula is C29H31F3N4O2. The van der Waals surface area contributed by atoms with Crippen molar-refractivity contribution >= 4 is 23.1 Å². The van der Waals surface area contributed by atoms with Crippen LogP contribution < -0.4 is 10.2 Å². The van der Waals surface area contributed by atoms with E-state index in [0.29, 0.717) is 44.1 Å². The molecule has 0 spiro atoms. The minimum atomic E-state index is -4.14. The van der Waals surface area contributed by atoms with E-state index >= 15 is 0 Å². The normalized spacial score (nSPS) is 16.2. The molecule has 2 aliphatic heterocycles. The summed E-state index contributed by atoms with van der Waals surface area (Å²) in [6, 6.07) is 18.9. The lowest BCUT2D eigenvalue weighted by Gasteiger charge is -2.36. The molecule has 0 aliphatic carbocycles. The molecule has 9 heteroatoms. The van der Waals surface area contributed by atoms with Crippen LogP contribution in [0.3, 0.4) is 0 Å². The minimum absolute atomic E-state index is 0.0210. The van der Waals surface area contributed by atoms with E-state index in [1.165, 1.54) is 0 Å². The van der Waals surface area contributed by atoms with E-state index in [1.54, 1.807) is 12.1 Å². The number of alkyl halides is 3. The van der Waals surface area contributed by atoms with Crippen LogP contribution in [0.1, 0.15) is 35.4 Å². The molecule has 38 heavy (non-hydrogen) atoms. The third kappa shape index (κ3) is 5.93. The summed E-state index contributed by atoms with van der Waals surface area (Å²) in [5.74, 6) is -1.24. The Kier molecular flexibility index (Phi) is 7.56. The molecule has 0 radical (unpaired) electrons. The highest BCUT2D eigenvalue weighted by atomic mass is 19.4. The highest BCUT2D eigenvalue weighted by Crippen LogP contribution is 2.31. The topological polar surface area (TPSA) is 57.6 Å². The summed E-state index contributed by atoms with van der Waals surface area (Å²) < 4.78 is 39.5. The number of aromatic nitrogens is 1. The second kappa shape index (κ2) is 11.0. The zero-order chi connectivity index (χ0) is 26.7. The fraction of sp³-hybridized carbons (Fsp3) is 0.379. The SMILES string of the molecule is O=C(Nc1ccc(N2CCN(CCC(F)(F)F)CC2)cc1)C(=O)c1c(-c2ccccc2)cc2n1CCCC2. The summed E-state index contributed by atoms with van der Waals surface area (Å²) in [6.45, 7) is 3.12. The minimum Gasteiger partial charge on any atom is -0.369 e. The molecule has 1 aromatic heterocycles. The Labute approximate surface area is 220 Å². The summed E-state index contributed by atoms with van der Waals surface area (Å²) >= 11 is 0. The van der Waals surface area contributed by atoms with Crippen LogP contribution in [0.4, 0.5) is 24.5 Å². The number of nitrogens with one attached hydrogen (secondary N) is 1. The number of benzene rings is 2. The van der Waals surface area contributed by atoms with Gasteiger partial charge in [0.25, 0.3) is 11.7 Å². The van der Waals surface area contributed by atoms with E-state index in [0.717, 1.165) is 41.8 Å². The Balaban J connectivity index is 1.24. The first-order chi connectivity index (χ1) is 18.3. The van der Waals surface area contributed by atoms with E-state index in [1.807, 2.05) is 58.0 Å². The summed E-state index contributed by atoms with van der Waals surface area (Å²) in [5, 5.41) is 2.75. The molecular weight excluding hydrogens is 493 g/mol. The van der Waals surface area contributed by atoms with Crippen molar-refractivity contribution in [1.29, 1.82) is 0 Å². The van der Waals surface area contributed by atoms with E-state index in [9.17, 15) is 22.8 Å². The van der Waals surface area contributed by atoms with Gasteiger partial charge in [-0.25, -0.2) is 0 Å². The van der Waals surface area contributed by atoms with Crippen molar-refractivity contribution < 1.29 is 22.8 Å². The Hall–Kier alpha value is -3.59. The van der Waals surface area contributed by atoms with Gasteiger partial charge in [-0.15, -0.1) is 0 Å².